The molecule has 0 aliphatic carbocycles. The highest BCUT2D eigenvalue weighted by atomic mass is 16.5. The third-order valence-corrected chi connectivity index (χ3v) is 3.98. The van der Waals surface area contributed by atoms with Gasteiger partial charge in [-0.05, 0) is 36.5 Å². The first-order chi connectivity index (χ1) is 10.0. The van der Waals surface area contributed by atoms with E-state index in [0.717, 1.165) is 17.9 Å². The summed E-state index contributed by atoms with van der Waals surface area (Å²) in [5.74, 6) is 1.55. The van der Waals surface area contributed by atoms with Crippen molar-refractivity contribution in [3.05, 3.63) is 29.8 Å². The summed E-state index contributed by atoms with van der Waals surface area (Å²) in [6, 6.07) is 8.06. The maximum atomic E-state index is 5.97. The molecule has 4 heteroatoms. The molecule has 21 heavy (non-hydrogen) atoms. The summed E-state index contributed by atoms with van der Waals surface area (Å²) in [5, 5.41) is 0. The lowest BCUT2D eigenvalue weighted by Gasteiger charge is -2.43. The van der Waals surface area contributed by atoms with E-state index in [2.05, 4.69) is 13.8 Å². The van der Waals surface area contributed by atoms with E-state index in [9.17, 15) is 0 Å². The molecule has 2 N–H and O–H groups in total. The first-order valence-corrected chi connectivity index (χ1v) is 8.02. The molecule has 2 unspecified atom stereocenters. The van der Waals surface area contributed by atoms with Crippen molar-refractivity contribution in [2.75, 3.05) is 6.61 Å². The van der Waals surface area contributed by atoms with Crippen LogP contribution in [0.2, 0.25) is 0 Å². The van der Waals surface area contributed by atoms with Gasteiger partial charge in [0, 0.05) is 6.42 Å². The molecule has 1 aromatic rings. The van der Waals surface area contributed by atoms with Crippen molar-refractivity contribution in [3.63, 3.8) is 0 Å². The van der Waals surface area contributed by atoms with Crippen LogP contribution in [-0.4, -0.2) is 20.1 Å². The van der Waals surface area contributed by atoms with Crippen LogP contribution in [-0.2, 0) is 4.74 Å². The molecule has 1 saturated heterocycles. The van der Waals surface area contributed by atoms with E-state index >= 15 is 0 Å². The second kappa shape index (κ2) is 7.32. The Labute approximate surface area is 129 Å². The number of benzene rings is 1. The second-order valence-electron chi connectivity index (χ2n) is 6.09. The highest BCUT2D eigenvalue weighted by Crippen LogP contribution is 2.38. The van der Waals surface area contributed by atoms with Crippen molar-refractivity contribution in [1.29, 1.82) is 0 Å². The lowest BCUT2D eigenvalue weighted by Crippen LogP contribution is -2.54. The fraction of sp³-hybridized carbons (Fsp3) is 0.647. The van der Waals surface area contributed by atoms with Gasteiger partial charge in [-0.15, -0.1) is 0 Å². The van der Waals surface area contributed by atoms with Crippen LogP contribution in [0.3, 0.4) is 0 Å². The smallest absolute Gasteiger partial charge is 0.135 e. The highest BCUT2D eigenvalue weighted by molar-refractivity contribution is 6.14. The predicted molar refractivity (Wildman–Crippen MR) is 86.4 cm³/mol. The molecule has 0 spiro atoms. The topological polar surface area (TPSA) is 44.5 Å². The van der Waals surface area contributed by atoms with Gasteiger partial charge in [-0.25, -0.2) is 0 Å². The van der Waals surface area contributed by atoms with Gasteiger partial charge in [-0.3, -0.25) is 0 Å². The van der Waals surface area contributed by atoms with Crippen LogP contribution in [0.4, 0.5) is 0 Å². The zero-order valence-corrected chi connectivity index (χ0v) is 13.2. The van der Waals surface area contributed by atoms with E-state index in [0.29, 0.717) is 12.3 Å². The molecule has 1 aliphatic heterocycles. The third-order valence-electron chi connectivity index (χ3n) is 3.98. The lowest BCUT2D eigenvalue weighted by atomic mass is 9.79. The summed E-state index contributed by atoms with van der Waals surface area (Å²) in [7, 11) is 5.68. The molecule has 0 bridgehead atoms. The van der Waals surface area contributed by atoms with Crippen LogP contribution in [0.25, 0.3) is 0 Å². The summed E-state index contributed by atoms with van der Waals surface area (Å²) in [4.78, 5) is 0. The molecular formula is C17H26BNO2. The van der Waals surface area contributed by atoms with Crippen LogP contribution in [0.5, 0.6) is 5.75 Å². The predicted octanol–water partition coefficient (Wildman–Crippen LogP) is 3.52. The van der Waals surface area contributed by atoms with Gasteiger partial charge in [0.1, 0.15) is 13.6 Å². The van der Waals surface area contributed by atoms with Crippen LogP contribution in [0.15, 0.2) is 24.3 Å². The van der Waals surface area contributed by atoms with Crippen LogP contribution < -0.4 is 10.5 Å². The van der Waals surface area contributed by atoms with Crippen LogP contribution in [0, 0.1) is 5.92 Å². The Morgan fingerprint density at radius 1 is 1.38 bits per heavy atom. The minimum absolute atomic E-state index is 0.00868. The van der Waals surface area contributed by atoms with E-state index in [1.807, 2.05) is 24.3 Å². The van der Waals surface area contributed by atoms with E-state index in [-0.39, 0.29) is 6.10 Å². The summed E-state index contributed by atoms with van der Waals surface area (Å²) in [6.07, 6.45) is 5.50. The Morgan fingerprint density at radius 2 is 2.05 bits per heavy atom. The Kier molecular flexibility index (Phi) is 5.71. The average molecular weight is 287 g/mol. The fourth-order valence-electron chi connectivity index (χ4n) is 2.88. The summed E-state index contributed by atoms with van der Waals surface area (Å²) in [5.41, 5.74) is 5.80. The van der Waals surface area contributed by atoms with Crippen LogP contribution >= 0.6 is 0 Å². The zero-order valence-electron chi connectivity index (χ0n) is 13.2. The molecule has 1 aromatic carbocycles. The molecule has 0 amide bonds. The van der Waals surface area contributed by atoms with E-state index in [1.54, 1.807) is 0 Å². The van der Waals surface area contributed by atoms with Gasteiger partial charge in [0.05, 0.1) is 18.3 Å². The molecule has 2 radical (unpaired) electrons. The normalized spacial score (nSPS) is 24.9. The van der Waals surface area contributed by atoms with Gasteiger partial charge >= 0.3 is 0 Å². The minimum Gasteiger partial charge on any atom is -0.493 e. The molecule has 1 fully saturated rings. The molecule has 2 rings (SSSR count). The quantitative estimate of drug-likeness (QED) is 0.744. The van der Waals surface area contributed by atoms with Crippen LogP contribution in [0.1, 0.15) is 57.6 Å². The number of hydrogen-bond donors (Lipinski definition) is 1. The first-order valence-electron chi connectivity index (χ1n) is 8.02. The Bertz CT molecular complexity index is 436. The van der Waals surface area contributed by atoms with Crippen molar-refractivity contribution in [3.8, 4) is 5.75 Å². The molecular weight excluding hydrogens is 261 g/mol. The monoisotopic (exact) mass is 287 g/mol. The van der Waals surface area contributed by atoms with Crippen molar-refractivity contribution in [2.45, 2.75) is 57.7 Å². The summed E-state index contributed by atoms with van der Waals surface area (Å²) >= 11 is 0. The summed E-state index contributed by atoms with van der Waals surface area (Å²) < 4.78 is 11.4. The Morgan fingerprint density at radius 3 is 2.62 bits per heavy atom. The van der Waals surface area contributed by atoms with Gasteiger partial charge < -0.3 is 15.2 Å². The molecule has 1 heterocycles. The zero-order chi connectivity index (χ0) is 15.3. The highest BCUT2D eigenvalue weighted by Gasteiger charge is 2.38. The SMILES string of the molecule is [B]C1(N)CC(c2cccc(OCC(CCC)CCC)c2)O1. The second-order valence-corrected chi connectivity index (χ2v) is 6.09. The fourth-order valence-corrected chi connectivity index (χ4v) is 2.88. The minimum atomic E-state index is -0.963. The number of nitrogens with two attached hydrogens (primary N) is 1. The van der Waals surface area contributed by atoms with E-state index < -0.39 is 5.62 Å². The molecule has 2 atom stereocenters. The molecule has 0 saturated carbocycles. The first kappa shape index (κ1) is 16.4. The van der Waals surface area contributed by atoms with Gasteiger partial charge in [-0.2, -0.15) is 0 Å². The molecule has 0 aromatic heterocycles. The number of rotatable bonds is 8. The Balaban J connectivity index is 1.89. The standard InChI is InChI=1S/C17H26BNO2/c1-3-6-13(7-4-2)12-20-15-9-5-8-14(10-15)16-11-17(18,19)21-16/h5,8-10,13,16H,3-4,6-7,11-12,19H2,1-2H3. The molecule has 3 nitrogen and oxygen atoms in total. The van der Waals surface area contributed by atoms with Gasteiger partial charge in [0.15, 0.2) is 0 Å². The largest absolute Gasteiger partial charge is 0.493 e. The Hall–Kier alpha value is -0.995. The lowest BCUT2D eigenvalue weighted by molar-refractivity contribution is -0.154. The van der Waals surface area contributed by atoms with Crippen molar-refractivity contribution < 1.29 is 9.47 Å². The van der Waals surface area contributed by atoms with Gasteiger partial charge in [0.2, 0.25) is 0 Å². The number of hydrogen-bond acceptors (Lipinski definition) is 3. The maximum absolute atomic E-state index is 5.97. The van der Waals surface area contributed by atoms with Gasteiger partial charge in [-0.1, -0.05) is 38.8 Å². The molecule has 114 valence electrons. The summed E-state index contributed by atoms with van der Waals surface area (Å²) in [6.45, 7) is 5.24. The maximum Gasteiger partial charge on any atom is 0.135 e. The van der Waals surface area contributed by atoms with E-state index in [1.165, 1.54) is 25.7 Å². The van der Waals surface area contributed by atoms with E-state index in [4.69, 9.17) is 23.1 Å². The van der Waals surface area contributed by atoms with Crippen molar-refractivity contribution in [1.82, 2.24) is 0 Å². The van der Waals surface area contributed by atoms with Gasteiger partial charge in [0.25, 0.3) is 0 Å². The average Bonchev–Trinajstić information content (AvgIpc) is 2.43. The number of ether oxygens (including phenoxy) is 2. The van der Waals surface area contributed by atoms with Crippen molar-refractivity contribution in [2.24, 2.45) is 11.7 Å². The molecule has 1 aliphatic rings. The third kappa shape index (κ3) is 4.75. The van der Waals surface area contributed by atoms with Crippen molar-refractivity contribution >= 4 is 7.85 Å².